The van der Waals surface area contributed by atoms with E-state index in [9.17, 15) is 13.6 Å². The lowest BCUT2D eigenvalue weighted by atomic mass is 9.99. The molecule has 1 unspecified atom stereocenters. The van der Waals surface area contributed by atoms with Crippen molar-refractivity contribution in [1.82, 2.24) is 0 Å². The minimum absolute atomic E-state index is 0.0535. The van der Waals surface area contributed by atoms with Crippen molar-refractivity contribution in [3.63, 3.8) is 0 Å². The third-order valence-electron chi connectivity index (χ3n) is 5.61. The number of ether oxygens (including phenoxy) is 3. The largest absolute Gasteiger partial charge is 0.488 e. The quantitative estimate of drug-likeness (QED) is 0.291. The molecule has 0 aliphatic carbocycles. The summed E-state index contributed by atoms with van der Waals surface area (Å²) in [6.07, 6.45) is -0.502. The molecule has 4 aromatic rings. The number of fused-ring (bicyclic) bond motifs is 1. The standard InChI is InChI=1S/C28H27F2NO5/c1-17(15-33-2)35-27(32)12-21-6-7-23(29)13-25(21)34-16-19-9-22-11-26(30)36-28(22)24(10-19)20-5-3-4-18(8-20)14-31/h3-11,13,17H,12,14-16,31H2,1-2H3. The van der Waals surface area contributed by atoms with Gasteiger partial charge in [-0.05, 0) is 47.9 Å². The molecule has 8 heteroatoms. The van der Waals surface area contributed by atoms with E-state index in [2.05, 4.69) is 0 Å². The van der Waals surface area contributed by atoms with Gasteiger partial charge >= 0.3 is 5.97 Å². The number of furan rings is 1. The number of carbonyl (C=O) groups is 1. The van der Waals surface area contributed by atoms with E-state index in [1.54, 1.807) is 13.0 Å². The number of esters is 1. The number of nitrogens with two attached hydrogens (primary N) is 1. The zero-order valence-corrected chi connectivity index (χ0v) is 20.1. The Morgan fingerprint density at radius 1 is 1.06 bits per heavy atom. The number of rotatable bonds is 10. The first-order valence-electron chi connectivity index (χ1n) is 11.5. The number of halogens is 2. The maximum atomic E-state index is 14.0. The average Bonchev–Trinajstić information content (AvgIpc) is 3.23. The Morgan fingerprint density at radius 3 is 2.67 bits per heavy atom. The normalized spacial score (nSPS) is 12.0. The monoisotopic (exact) mass is 495 g/mol. The van der Waals surface area contributed by atoms with Gasteiger partial charge in [-0.15, -0.1) is 0 Å². The van der Waals surface area contributed by atoms with Crippen LogP contribution in [0.4, 0.5) is 8.78 Å². The van der Waals surface area contributed by atoms with Crippen molar-refractivity contribution in [1.29, 1.82) is 0 Å². The summed E-state index contributed by atoms with van der Waals surface area (Å²) in [5.41, 5.74) is 9.81. The summed E-state index contributed by atoms with van der Waals surface area (Å²) in [6, 6.07) is 15.7. The van der Waals surface area contributed by atoms with Gasteiger partial charge in [-0.1, -0.05) is 24.3 Å². The highest BCUT2D eigenvalue weighted by Gasteiger charge is 2.16. The lowest BCUT2D eigenvalue weighted by Crippen LogP contribution is -2.21. The van der Waals surface area contributed by atoms with Gasteiger partial charge in [-0.2, -0.15) is 4.39 Å². The van der Waals surface area contributed by atoms with Crippen LogP contribution in [0.5, 0.6) is 5.75 Å². The van der Waals surface area contributed by atoms with Gasteiger partial charge in [-0.3, -0.25) is 4.79 Å². The summed E-state index contributed by atoms with van der Waals surface area (Å²) in [5.74, 6) is -0.758. The molecule has 0 amide bonds. The first-order chi connectivity index (χ1) is 17.4. The third kappa shape index (κ3) is 6.08. The number of hydrogen-bond acceptors (Lipinski definition) is 6. The van der Waals surface area contributed by atoms with Gasteiger partial charge in [0.25, 0.3) is 6.01 Å². The molecule has 0 aliphatic heterocycles. The molecule has 0 spiro atoms. The van der Waals surface area contributed by atoms with E-state index >= 15 is 0 Å². The Morgan fingerprint density at radius 2 is 1.89 bits per heavy atom. The van der Waals surface area contributed by atoms with Gasteiger partial charge < -0.3 is 24.4 Å². The molecule has 36 heavy (non-hydrogen) atoms. The van der Waals surface area contributed by atoms with Crippen LogP contribution < -0.4 is 10.5 Å². The molecule has 188 valence electrons. The van der Waals surface area contributed by atoms with Crippen molar-refractivity contribution >= 4 is 16.9 Å². The summed E-state index contributed by atoms with van der Waals surface area (Å²) in [7, 11) is 1.52. The number of methoxy groups -OCH3 is 1. The highest BCUT2D eigenvalue weighted by molar-refractivity contribution is 5.93. The molecule has 6 nitrogen and oxygen atoms in total. The first-order valence-corrected chi connectivity index (χ1v) is 11.5. The van der Waals surface area contributed by atoms with E-state index in [1.807, 2.05) is 30.3 Å². The van der Waals surface area contributed by atoms with E-state index in [0.717, 1.165) is 11.1 Å². The van der Waals surface area contributed by atoms with Crippen molar-refractivity contribution in [3.05, 3.63) is 89.2 Å². The molecule has 0 bridgehead atoms. The van der Waals surface area contributed by atoms with Crippen molar-refractivity contribution in [3.8, 4) is 16.9 Å². The van der Waals surface area contributed by atoms with Gasteiger partial charge in [0.05, 0.1) is 13.0 Å². The minimum atomic E-state index is -0.701. The Bertz CT molecular complexity index is 1370. The summed E-state index contributed by atoms with van der Waals surface area (Å²) >= 11 is 0. The number of carbonyl (C=O) groups excluding carboxylic acids is 1. The van der Waals surface area contributed by atoms with Gasteiger partial charge in [0.15, 0.2) is 0 Å². The van der Waals surface area contributed by atoms with E-state index < -0.39 is 23.9 Å². The summed E-state index contributed by atoms with van der Waals surface area (Å²) < 4.78 is 49.5. The highest BCUT2D eigenvalue weighted by atomic mass is 19.1. The van der Waals surface area contributed by atoms with Crippen molar-refractivity contribution in [2.75, 3.05) is 13.7 Å². The van der Waals surface area contributed by atoms with Crippen molar-refractivity contribution in [2.24, 2.45) is 5.73 Å². The third-order valence-corrected chi connectivity index (χ3v) is 5.61. The molecule has 3 aromatic carbocycles. The van der Waals surface area contributed by atoms with E-state index in [4.69, 9.17) is 24.4 Å². The SMILES string of the molecule is COCC(C)OC(=O)Cc1ccc(F)cc1OCc1cc(-c2cccc(CN)c2)c2oc(F)cc2c1. The van der Waals surface area contributed by atoms with Crippen LogP contribution in [0.15, 0.2) is 65.1 Å². The fourth-order valence-corrected chi connectivity index (χ4v) is 4.01. The minimum Gasteiger partial charge on any atom is -0.488 e. The molecule has 0 fully saturated rings. The molecule has 1 atom stereocenters. The molecule has 0 aliphatic rings. The van der Waals surface area contributed by atoms with Gasteiger partial charge in [0.1, 0.15) is 29.9 Å². The van der Waals surface area contributed by atoms with Gasteiger partial charge in [-0.25, -0.2) is 4.39 Å². The average molecular weight is 496 g/mol. The molecular formula is C28H27F2NO5. The van der Waals surface area contributed by atoms with E-state index in [1.165, 1.54) is 31.4 Å². The molecule has 4 rings (SSSR count). The van der Waals surface area contributed by atoms with E-state index in [-0.39, 0.29) is 25.4 Å². The Labute approximate surface area is 207 Å². The number of hydrogen-bond donors (Lipinski definition) is 1. The maximum Gasteiger partial charge on any atom is 0.310 e. The topological polar surface area (TPSA) is 83.9 Å². The molecular weight excluding hydrogens is 468 g/mol. The van der Waals surface area contributed by atoms with Crippen LogP contribution in [0.3, 0.4) is 0 Å². The van der Waals surface area contributed by atoms with Crippen LogP contribution in [0.2, 0.25) is 0 Å². The van der Waals surface area contributed by atoms with E-state index in [0.29, 0.717) is 34.2 Å². The molecule has 1 heterocycles. The second-order valence-corrected chi connectivity index (χ2v) is 8.49. The maximum absolute atomic E-state index is 14.0. The molecule has 0 saturated heterocycles. The van der Waals surface area contributed by atoms with Crippen molar-refractivity contribution in [2.45, 2.75) is 32.6 Å². The van der Waals surface area contributed by atoms with Crippen LogP contribution >= 0.6 is 0 Å². The van der Waals surface area contributed by atoms with Crippen LogP contribution in [0, 0.1) is 11.8 Å². The fraction of sp³-hybridized carbons (Fsp3) is 0.250. The van der Waals surface area contributed by atoms with Crippen LogP contribution in [-0.4, -0.2) is 25.8 Å². The lowest BCUT2D eigenvalue weighted by molar-refractivity contribution is -0.149. The summed E-state index contributed by atoms with van der Waals surface area (Å²) in [6.45, 7) is 2.41. The molecule has 2 N–H and O–H groups in total. The van der Waals surface area contributed by atoms with Gasteiger partial charge in [0, 0.05) is 42.3 Å². The zero-order chi connectivity index (χ0) is 25.7. The smallest absolute Gasteiger partial charge is 0.310 e. The first kappa shape index (κ1) is 25.3. The van der Waals surface area contributed by atoms with Crippen LogP contribution in [0.25, 0.3) is 22.1 Å². The second kappa shape index (κ2) is 11.3. The predicted molar refractivity (Wildman–Crippen MR) is 131 cm³/mol. The summed E-state index contributed by atoms with van der Waals surface area (Å²) in [4.78, 5) is 12.3. The molecule has 0 radical (unpaired) electrons. The Hall–Kier alpha value is -3.75. The highest BCUT2D eigenvalue weighted by Crippen LogP contribution is 2.33. The van der Waals surface area contributed by atoms with Crippen LogP contribution in [0.1, 0.15) is 23.6 Å². The van der Waals surface area contributed by atoms with Gasteiger partial charge in [0.2, 0.25) is 0 Å². The second-order valence-electron chi connectivity index (χ2n) is 8.49. The number of benzene rings is 3. The fourth-order valence-electron chi connectivity index (χ4n) is 4.01. The Kier molecular flexibility index (Phi) is 7.97. The van der Waals surface area contributed by atoms with Crippen LogP contribution in [-0.2, 0) is 33.8 Å². The zero-order valence-electron chi connectivity index (χ0n) is 20.1. The summed E-state index contributed by atoms with van der Waals surface area (Å²) in [5, 5.41) is 0.567. The molecule has 0 saturated carbocycles. The Balaban J connectivity index is 1.60. The lowest BCUT2D eigenvalue weighted by Gasteiger charge is -2.15. The molecule has 1 aromatic heterocycles. The van der Waals surface area contributed by atoms with Crippen molar-refractivity contribution < 1.29 is 32.2 Å². The predicted octanol–water partition coefficient (Wildman–Crippen LogP) is 5.54.